The van der Waals surface area contributed by atoms with E-state index in [-0.39, 0.29) is 17.9 Å². The minimum atomic E-state index is 0.00123. The van der Waals surface area contributed by atoms with Crippen LogP contribution in [0.2, 0.25) is 0 Å². The maximum atomic E-state index is 12.6. The number of methoxy groups -OCH3 is 1. The van der Waals surface area contributed by atoms with Gasteiger partial charge in [-0.1, -0.05) is 0 Å². The maximum absolute atomic E-state index is 12.6. The molecule has 2 aliphatic rings. The number of nitrogens with one attached hydrogen (secondary N) is 1. The zero-order valence-electron chi connectivity index (χ0n) is 13.8. The molecule has 2 aliphatic heterocycles. The average Bonchev–Trinajstić information content (AvgIpc) is 3.16. The van der Waals surface area contributed by atoms with Gasteiger partial charge >= 0.3 is 0 Å². The number of thiazole rings is 1. The summed E-state index contributed by atoms with van der Waals surface area (Å²) >= 11 is 1.68. The van der Waals surface area contributed by atoms with Gasteiger partial charge in [0.25, 0.3) is 0 Å². The van der Waals surface area contributed by atoms with Crippen LogP contribution in [0.15, 0.2) is 5.51 Å². The number of aromatic nitrogens is 1. The quantitative estimate of drug-likeness (QED) is 0.785. The van der Waals surface area contributed by atoms with Crippen molar-refractivity contribution in [3.05, 3.63) is 16.1 Å². The molecule has 6 nitrogen and oxygen atoms in total. The van der Waals surface area contributed by atoms with E-state index < -0.39 is 0 Å². The van der Waals surface area contributed by atoms with Gasteiger partial charge in [-0.25, -0.2) is 4.98 Å². The first-order chi connectivity index (χ1) is 11.2. The third-order valence-corrected chi connectivity index (χ3v) is 5.74. The summed E-state index contributed by atoms with van der Waals surface area (Å²) in [7, 11) is 1.65. The van der Waals surface area contributed by atoms with E-state index >= 15 is 0 Å². The van der Waals surface area contributed by atoms with Crippen LogP contribution in [0.3, 0.4) is 0 Å². The number of aryl methyl sites for hydroxylation is 1. The fraction of sp³-hybridized carbons (Fsp3) is 0.750. The van der Waals surface area contributed by atoms with Crippen LogP contribution in [-0.2, 0) is 20.8 Å². The topological polar surface area (TPSA) is 63.7 Å². The normalized spacial score (nSPS) is 27.8. The number of fused-ring (bicyclic) bond motifs is 1. The molecule has 0 aromatic carbocycles. The monoisotopic (exact) mass is 339 g/mol. The zero-order valence-corrected chi connectivity index (χ0v) is 14.6. The lowest BCUT2D eigenvalue weighted by molar-refractivity contribution is -0.131. The van der Waals surface area contributed by atoms with Crippen molar-refractivity contribution in [2.75, 3.05) is 40.0 Å². The second-order valence-electron chi connectivity index (χ2n) is 6.31. The fourth-order valence-corrected chi connectivity index (χ4v) is 4.37. The van der Waals surface area contributed by atoms with Crippen molar-refractivity contribution in [3.63, 3.8) is 0 Å². The zero-order chi connectivity index (χ0) is 16.2. The van der Waals surface area contributed by atoms with Crippen molar-refractivity contribution in [1.29, 1.82) is 0 Å². The Morgan fingerprint density at radius 1 is 1.57 bits per heavy atom. The summed E-state index contributed by atoms with van der Waals surface area (Å²) in [6.45, 7) is 6.48. The highest BCUT2D eigenvalue weighted by Crippen LogP contribution is 2.34. The van der Waals surface area contributed by atoms with Crippen molar-refractivity contribution < 1.29 is 14.3 Å². The molecule has 2 fully saturated rings. The molecule has 0 spiro atoms. The van der Waals surface area contributed by atoms with Gasteiger partial charge in [-0.3, -0.25) is 9.69 Å². The standard InChI is InChI=1S/C16H25N3O3S/c1-11-15(23-10-18-11)9-19-7-13(16(20)17-4-6-21-2)12-3-5-22-14(12)8-19/h10,12-14H,3-9H2,1-2H3,(H,17,20)/t12-,13-,14+/m1/s1. The van der Waals surface area contributed by atoms with Gasteiger partial charge in [-0.15, -0.1) is 11.3 Å². The second kappa shape index (κ2) is 7.70. The number of amides is 1. The number of rotatable bonds is 6. The van der Waals surface area contributed by atoms with E-state index in [9.17, 15) is 4.79 Å². The summed E-state index contributed by atoms with van der Waals surface area (Å²) in [5.41, 5.74) is 2.98. The highest BCUT2D eigenvalue weighted by Gasteiger charge is 2.43. The molecular formula is C16H25N3O3S. The van der Waals surface area contributed by atoms with Crippen molar-refractivity contribution >= 4 is 17.2 Å². The Bertz CT molecular complexity index is 536. The summed E-state index contributed by atoms with van der Waals surface area (Å²) < 4.78 is 10.9. The molecule has 0 bridgehead atoms. The van der Waals surface area contributed by atoms with Gasteiger partial charge in [0, 0.05) is 50.7 Å². The van der Waals surface area contributed by atoms with E-state index in [0.29, 0.717) is 19.1 Å². The lowest BCUT2D eigenvalue weighted by Crippen LogP contribution is -2.52. The van der Waals surface area contributed by atoms with Gasteiger partial charge in [0.05, 0.1) is 29.8 Å². The molecule has 3 rings (SSSR count). The van der Waals surface area contributed by atoms with E-state index in [2.05, 4.69) is 15.2 Å². The van der Waals surface area contributed by atoms with E-state index in [1.807, 2.05) is 12.4 Å². The van der Waals surface area contributed by atoms with Crippen LogP contribution in [0, 0.1) is 18.8 Å². The lowest BCUT2D eigenvalue weighted by atomic mass is 9.82. The minimum Gasteiger partial charge on any atom is -0.383 e. The maximum Gasteiger partial charge on any atom is 0.224 e. The smallest absolute Gasteiger partial charge is 0.224 e. The third-order valence-electron chi connectivity index (χ3n) is 4.82. The van der Waals surface area contributed by atoms with Gasteiger partial charge in [0.1, 0.15) is 0 Å². The largest absolute Gasteiger partial charge is 0.383 e. The Morgan fingerprint density at radius 3 is 3.17 bits per heavy atom. The highest BCUT2D eigenvalue weighted by molar-refractivity contribution is 7.09. The molecule has 7 heteroatoms. The summed E-state index contributed by atoms with van der Waals surface area (Å²) in [6, 6.07) is 0. The van der Waals surface area contributed by atoms with Crippen LogP contribution >= 0.6 is 11.3 Å². The summed E-state index contributed by atoms with van der Waals surface area (Å²) in [4.78, 5) is 20.5. The van der Waals surface area contributed by atoms with Gasteiger partial charge < -0.3 is 14.8 Å². The van der Waals surface area contributed by atoms with Gasteiger partial charge in [-0.05, 0) is 13.3 Å². The number of carbonyl (C=O) groups is 1. The van der Waals surface area contributed by atoms with E-state index in [1.54, 1.807) is 18.4 Å². The molecule has 0 unspecified atom stereocenters. The first-order valence-electron chi connectivity index (χ1n) is 8.18. The van der Waals surface area contributed by atoms with Crippen molar-refractivity contribution in [2.24, 2.45) is 11.8 Å². The second-order valence-corrected chi connectivity index (χ2v) is 7.25. The molecule has 128 valence electrons. The van der Waals surface area contributed by atoms with E-state index in [1.165, 1.54) is 4.88 Å². The molecule has 1 aromatic rings. The van der Waals surface area contributed by atoms with Crippen LogP contribution in [0.25, 0.3) is 0 Å². The van der Waals surface area contributed by atoms with Crippen LogP contribution < -0.4 is 5.32 Å². The molecule has 0 radical (unpaired) electrons. The molecule has 1 N–H and O–H groups in total. The van der Waals surface area contributed by atoms with Crippen molar-refractivity contribution in [3.8, 4) is 0 Å². The number of hydrogen-bond acceptors (Lipinski definition) is 6. The summed E-state index contributed by atoms with van der Waals surface area (Å²) in [5.74, 6) is 0.478. The summed E-state index contributed by atoms with van der Waals surface area (Å²) in [5, 5.41) is 3.00. The third kappa shape index (κ3) is 3.91. The van der Waals surface area contributed by atoms with Crippen molar-refractivity contribution in [1.82, 2.24) is 15.2 Å². The number of nitrogens with zero attached hydrogens (tertiary/aromatic N) is 2. The Labute approximate surface area is 141 Å². The first-order valence-corrected chi connectivity index (χ1v) is 9.06. The molecule has 0 aliphatic carbocycles. The average molecular weight is 339 g/mol. The lowest BCUT2D eigenvalue weighted by Gasteiger charge is -2.39. The summed E-state index contributed by atoms with van der Waals surface area (Å²) in [6.07, 6.45) is 1.16. The molecule has 23 heavy (non-hydrogen) atoms. The first kappa shape index (κ1) is 16.8. The van der Waals surface area contributed by atoms with Crippen molar-refractivity contribution in [2.45, 2.75) is 26.0 Å². The number of carbonyl (C=O) groups excluding carboxylic acids is 1. The SMILES string of the molecule is COCCNC(=O)[C@@H]1CN(Cc2scnc2C)C[C@@H]2OCC[C@@H]21. The predicted octanol–water partition coefficient (Wildman–Crippen LogP) is 1.05. The van der Waals surface area contributed by atoms with Crippen LogP contribution in [0.1, 0.15) is 17.0 Å². The molecular weight excluding hydrogens is 314 g/mol. The van der Waals surface area contributed by atoms with Gasteiger partial charge in [0.2, 0.25) is 5.91 Å². The number of ether oxygens (including phenoxy) is 2. The van der Waals surface area contributed by atoms with Crippen LogP contribution in [-0.4, -0.2) is 61.9 Å². The van der Waals surface area contributed by atoms with E-state index in [0.717, 1.165) is 38.4 Å². The Kier molecular flexibility index (Phi) is 5.63. The minimum absolute atomic E-state index is 0.00123. The highest BCUT2D eigenvalue weighted by atomic mass is 32.1. The molecule has 3 atom stereocenters. The Morgan fingerprint density at radius 2 is 2.43 bits per heavy atom. The molecule has 3 heterocycles. The number of hydrogen-bond donors (Lipinski definition) is 1. The van der Waals surface area contributed by atoms with Crippen LogP contribution in [0.4, 0.5) is 0 Å². The number of likely N-dealkylation sites (tertiary alicyclic amines) is 1. The Hall–Kier alpha value is -1.02. The van der Waals surface area contributed by atoms with Gasteiger partial charge in [0.15, 0.2) is 0 Å². The molecule has 0 saturated carbocycles. The van der Waals surface area contributed by atoms with Gasteiger partial charge in [-0.2, -0.15) is 0 Å². The van der Waals surface area contributed by atoms with Crippen LogP contribution in [0.5, 0.6) is 0 Å². The predicted molar refractivity (Wildman–Crippen MR) is 88.4 cm³/mol. The number of piperidine rings is 1. The molecule has 1 aromatic heterocycles. The molecule has 2 saturated heterocycles. The molecule has 1 amide bonds. The Balaban J connectivity index is 1.65. The van der Waals surface area contributed by atoms with E-state index in [4.69, 9.17) is 9.47 Å². The fourth-order valence-electron chi connectivity index (χ4n) is 3.55.